The van der Waals surface area contributed by atoms with Crippen molar-refractivity contribution in [3.8, 4) is 0 Å². The molecule has 0 saturated heterocycles. The van der Waals surface area contributed by atoms with Gasteiger partial charge in [-0.15, -0.1) is 0 Å². The molecule has 5 heteroatoms. The van der Waals surface area contributed by atoms with Gasteiger partial charge < -0.3 is 4.57 Å². The average molecular weight is 188 g/mol. The summed E-state index contributed by atoms with van der Waals surface area (Å²) in [6.07, 6.45) is 8.95. The lowest BCUT2D eigenvalue weighted by Gasteiger charge is -1.99. The molecule has 0 spiro atoms. The van der Waals surface area contributed by atoms with Gasteiger partial charge in [-0.05, 0) is 0 Å². The lowest BCUT2D eigenvalue weighted by molar-refractivity contribution is 0.112. The Balaban J connectivity index is 2.14. The quantitative estimate of drug-likeness (QED) is 0.659. The van der Waals surface area contributed by atoms with E-state index in [0.717, 1.165) is 6.29 Å². The molecular formula is C9H8N4O. The molecule has 0 saturated carbocycles. The zero-order valence-corrected chi connectivity index (χ0v) is 7.37. The zero-order valence-electron chi connectivity index (χ0n) is 7.37. The maximum atomic E-state index is 10.3. The Kier molecular flexibility index (Phi) is 2.31. The molecule has 0 aliphatic heterocycles. The van der Waals surface area contributed by atoms with E-state index in [1.54, 1.807) is 12.5 Å². The first-order valence-corrected chi connectivity index (χ1v) is 4.10. The molecule has 2 aromatic rings. The van der Waals surface area contributed by atoms with Crippen LogP contribution in [0.15, 0.2) is 31.1 Å². The minimum atomic E-state index is 0.486. The highest BCUT2D eigenvalue weighted by atomic mass is 16.1. The Morgan fingerprint density at radius 2 is 2.14 bits per heavy atom. The van der Waals surface area contributed by atoms with Crippen molar-refractivity contribution in [1.82, 2.24) is 19.5 Å². The van der Waals surface area contributed by atoms with Gasteiger partial charge in [-0.2, -0.15) is 0 Å². The Morgan fingerprint density at radius 1 is 1.36 bits per heavy atom. The maximum Gasteiger partial charge on any atom is 0.153 e. The summed E-state index contributed by atoms with van der Waals surface area (Å²) in [7, 11) is 0. The van der Waals surface area contributed by atoms with Gasteiger partial charge in [-0.25, -0.2) is 15.0 Å². The van der Waals surface area contributed by atoms with Crippen LogP contribution >= 0.6 is 0 Å². The predicted molar refractivity (Wildman–Crippen MR) is 48.7 cm³/mol. The van der Waals surface area contributed by atoms with Crippen molar-refractivity contribution in [2.45, 2.75) is 6.54 Å². The van der Waals surface area contributed by atoms with E-state index in [1.807, 2.05) is 10.8 Å². The minimum absolute atomic E-state index is 0.486. The van der Waals surface area contributed by atoms with Crippen molar-refractivity contribution in [2.24, 2.45) is 0 Å². The summed E-state index contributed by atoms with van der Waals surface area (Å²) in [5.41, 5.74) is 0.486. The summed E-state index contributed by atoms with van der Waals surface area (Å²) in [6.45, 7) is 0.569. The molecule has 0 aromatic carbocycles. The van der Waals surface area contributed by atoms with Gasteiger partial charge in [-0.3, -0.25) is 4.79 Å². The molecule has 2 aromatic heterocycles. The Hall–Kier alpha value is -2.04. The first-order chi connectivity index (χ1) is 6.88. The van der Waals surface area contributed by atoms with Crippen molar-refractivity contribution >= 4 is 6.29 Å². The molecule has 0 aliphatic carbocycles. The van der Waals surface area contributed by atoms with Gasteiger partial charge in [0.2, 0.25) is 0 Å². The van der Waals surface area contributed by atoms with E-state index in [-0.39, 0.29) is 0 Å². The first-order valence-electron chi connectivity index (χ1n) is 4.10. The number of hydrogen-bond acceptors (Lipinski definition) is 4. The molecule has 0 amide bonds. The molecule has 0 fully saturated rings. The van der Waals surface area contributed by atoms with E-state index in [0.29, 0.717) is 17.9 Å². The van der Waals surface area contributed by atoms with Crippen LogP contribution in [0.1, 0.15) is 16.2 Å². The second-order valence-corrected chi connectivity index (χ2v) is 2.79. The van der Waals surface area contributed by atoms with Crippen molar-refractivity contribution in [1.29, 1.82) is 0 Å². The second kappa shape index (κ2) is 3.78. The van der Waals surface area contributed by atoms with Crippen molar-refractivity contribution in [3.63, 3.8) is 0 Å². The fourth-order valence-electron chi connectivity index (χ4n) is 1.05. The van der Waals surface area contributed by atoms with E-state index < -0.39 is 0 Å². The van der Waals surface area contributed by atoms with Crippen LogP contribution in [0.4, 0.5) is 0 Å². The second-order valence-electron chi connectivity index (χ2n) is 2.79. The number of carbonyl (C=O) groups excluding carboxylic acids is 1. The molecule has 14 heavy (non-hydrogen) atoms. The van der Waals surface area contributed by atoms with Crippen LogP contribution in [-0.4, -0.2) is 25.8 Å². The highest BCUT2D eigenvalue weighted by molar-refractivity contribution is 5.73. The van der Waals surface area contributed by atoms with Crippen LogP contribution in [0.2, 0.25) is 0 Å². The van der Waals surface area contributed by atoms with Crippen LogP contribution in [-0.2, 0) is 6.54 Å². The number of aldehydes is 1. The number of imidazole rings is 1. The zero-order chi connectivity index (χ0) is 9.80. The summed E-state index contributed by atoms with van der Waals surface area (Å²) in [5.74, 6) is 0.661. The molecule has 5 nitrogen and oxygen atoms in total. The smallest absolute Gasteiger partial charge is 0.153 e. The third-order valence-corrected chi connectivity index (χ3v) is 1.74. The highest BCUT2D eigenvalue weighted by Gasteiger charge is 1.97. The lowest BCUT2D eigenvalue weighted by atomic mass is 10.4. The normalized spacial score (nSPS) is 10.0. The lowest BCUT2D eigenvalue weighted by Crippen LogP contribution is -2.02. The van der Waals surface area contributed by atoms with Crippen LogP contribution < -0.4 is 0 Å². The van der Waals surface area contributed by atoms with Crippen LogP contribution in [0.3, 0.4) is 0 Å². The van der Waals surface area contributed by atoms with Crippen LogP contribution in [0, 0.1) is 0 Å². The summed E-state index contributed by atoms with van der Waals surface area (Å²) in [6, 6.07) is 0. The molecule has 0 unspecified atom stereocenters. The van der Waals surface area contributed by atoms with E-state index >= 15 is 0 Å². The molecular weight excluding hydrogens is 180 g/mol. The number of nitrogens with zero attached hydrogens (tertiary/aromatic N) is 4. The summed E-state index contributed by atoms with van der Waals surface area (Å²) in [5, 5.41) is 0. The molecule has 0 aliphatic rings. The highest BCUT2D eigenvalue weighted by Crippen LogP contribution is 1.96. The molecule has 2 heterocycles. The first kappa shape index (κ1) is 8.55. The van der Waals surface area contributed by atoms with E-state index in [2.05, 4.69) is 15.0 Å². The van der Waals surface area contributed by atoms with Gasteiger partial charge in [0.1, 0.15) is 5.82 Å². The SMILES string of the molecule is O=Cc1cnc(Cn2ccnc2)nc1. The van der Waals surface area contributed by atoms with Gasteiger partial charge in [0.05, 0.1) is 18.4 Å². The number of aromatic nitrogens is 4. The van der Waals surface area contributed by atoms with Gasteiger partial charge in [0, 0.05) is 24.8 Å². The standard InChI is InChI=1S/C9H8N4O/c14-6-8-3-11-9(12-4-8)5-13-2-1-10-7-13/h1-4,6-7H,5H2. The van der Waals surface area contributed by atoms with Crippen molar-refractivity contribution in [2.75, 3.05) is 0 Å². The number of carbonyl (C=O) groups is 1. The largest absolute Gasteiger partial charge is 0.330 e. The Morgan fingerprint density at radius 3 is 2.71 bits per heavy atom. The Labute approximate surface area is 80.5 Å². The van der Waals surface area contributed by atoms with E-state index in [9.17, 15) is 4.79 Å². The van der Waals surface area contributed by atoms with E-state index in [4.69, 9.17) is 0 Å². The van der Waals surface area contributed by atoms with Crippen LogP contribution in [0.25, 0.3) is 0 Å². The maximum absolute atomic E-state index is 10.3. The molecule has 0 bridgehead atoms. The van der Waals surface area contributed by atoms with E-state index in [1.165, 1.54) is 12.4 Å². The van der Waals surface area contributed by atoms with Gasteiger partial charge in [0.25, 0.3) is 0 Å². The van der Waals surface area contributed by atoms with Gasteiger partial charge in [-0.1, -0.05) is 0 Å². The predicted octanol–water partition coefficient (Wildman–Crippen LogP) is 0.534. The van der Waals surface area contributed by atoms with Gasteiger partial charge >= 0.3 is 0 Å². The molecule has 0 atom stereocenters. The summed E-state index contributed by atoms with van der Waals surface area (Å²) >= 11 is 0. The molecule has 0 radical (unpaired) electrons. The number of rotatable bonds is 3. The topological polar surface area (TPSA) is 60.7 Å². The molecule has 2 rings (SSSR count). The summed E-state index contributed by atoms with van der Waals surface area (Å²) < 4.78 is 1.86. The summed E-state index contributed by atoms with van der Waals surface area (Å²) in [4.78, 5) is 22.3. The monoisotopic (exact) mass is 188 g/mol. The Bertz CT molecular complexity index is 407. The third kappa shape index (κ3) is 1.82. The average Bonchev–Trinajstić information content (AvgIpc) is 2.72. The van der Waals surface area contributed by atoms with Crippen molar-refractivity contribution in [3.05, 3.63) is 42.5 Å². The van der Waals surface area contributed by atoms with Crippen molar-refractivity contribution < 1.29 is 4.79 Å². The van der Waals surface area contributed by atoms with Gasteiger partial charge in [0.15, 0.2) is 6.29 Å². The molecule has 70 valence electrons. The fraction of sp³-hybridized carbons (Fsp3) is 0.111. The van der Waals surface area contributed by atoms with Crippen LogP contribution in [0.5, 0.6) is 0 Å². The minimum Gasteiger partial charge on any atom is -0.330 e. The molecule has 0 N–H and O–H groups in total. The fourth-order valence-corrected chi connectivity index (χ4v) is 1.05. The number of hydrogen-bond donors (Lipinski definition) is 0. The third-order valence-electron chi connectivity index (χ3n) is 1.74.